The van der Waals surface area contributed by atoms with Crippen molar-refractivity contribution in [2.75, 3.05) is 5.32 Å². The first-order chi connectivity index (χ1) is 15.6. The lowest BCUT2D eigenvalue weighted by Gasteiger charge is -2.12. The number of aryl methyl sites for hydroxylation is 1. The monoisotopic (exact) mass is 494 g/mol. The summed E-state index contributed by atoms with van der Waals surface area (Å²) < 4.78 is 38.4. The van der Waals surface area contributed by atoms with E-state index in [2.05, 4.69) is 20.8 Å². The van der Waals surface area contributed by atoms with E-state index in [-0.39, 0.29) is 16.3 Å². The molecule has 0 aliphatic carbocycles. The van der Waals surface area contributed by atoms with Crippen LogP contribution in [0.1, 0.15) is 37.5 Å². The molecule has 0 fully saturated rings. The van der Waals surface area contributed by atoms with Gasteiger partial charge in [-0.05, 0) is 42.3 Å². The number of nitrogens with zero attached hydrogens (tertiary/aromatic N) is 2. The first-order valence-corrected chi connectivity index (χ1v) is 10.0. The molecule has 1 heterocycles. The number of pyridine rings is 1. The topological polar surface area (TPSA) is 83.5 Å². The molecule has 6 nitrogen and oxygen atoms in total. The highest BCUT2D eigenvalue weighted by Gasteiger charge is 2.32. The molecular weight excluding hydrogens is 480 g/mol. The second-order valence-electron chi connectivity index (χ2n) is 6.75. The van der Waals surface area contributed by atoms with Crippen molar-refractivity contribution < 1.29 is 22.8 Å². The van der Waals surface area contributed by atoms with Crippen LogP contribution in [0.5, 0.6) is 0 Å². The van der Waals surface area contributed by atoms with E-state index in [1.54, 1.807) is 0 Å². The van der Waals surface area contributed by atoms with Gasteiger partial charge in [0, 0.05) is 11.2 Å². The summed E-state index contributed by atoms with van der Waals surface area (Å²) in [7, 11) is 0. The van der Waals surface area contributed by atoms with Gasteiger partial charge in [0.15, 0.2) is 0 Å². The number of alkyl halides is 3. The fourth-order valence-electron chi connectivity index (χ4n) is 2.71. The largest absolute Gasteiger partial charge is 0.417 e. The highest BCUT2D eigenvalue weighted by Crippen LogP contribution is 2.31. The Morgan fingerprint density at radius 3 is 2.45 bits per heavy atom. The second kappa shape index (κ2) is 10.0. The normalized spacial score (nSPS) is 11.5. The van der Waals surface area contributed by atoms with E-state index in [0.29, 0.717) is 12.3 Å². The second-order valence-corrected chi connectivity index (χ2v) is 7.60. The molecule has 0 radical (unpaired) electrons. The molecule has 0 aliphatic heterocycles. The van der Waals surface area contributed by atoms with Gasteiger partial charge in [-0.3, -0.25) is 9.59 Å². The molecule has 0 spiro atoms. The Morgan fingerprint density at radius 2 is 1.79 bits per heavy atom. The van der Waals surface area contributed by atoms with Crippen molar-refractivity contribution in [3.05, 3.63) is 92.7 Å². The SMILES string of the molecule is Cc1ccccc1C=NNC(=O)c1cc(Cl)ccc1NC(=O)c1ncc(C(F)(F)F)cc1Cl. The number of carbonyl (C=O) groups excluding carboxylic acids is 2. The fraction of sp³-hybridized carbons (Fsp3) is 0.0909. The number of hydrogen-bond donors (Lipinski definition) is 2. The van der Waals surface area contributed by atoms with E-state index in [1.807, 2.05) is 31.2 Å². The third-order valence-corrected chi connectivity index (χ3v) is 4.94. The van der Waals surface area contributed by atoms with Crippen molar-refractivity contribution >= 4 is 46.9 Å². The molecule has 0 unspecified atom stereocenters. The molecule has 2 amide bonds. The lowest BCUT2D eigenvalue weighted by atomic mass is 10.1. The van der Waals surface area contributed by atoms with Crippen molar-refractivity contribution in [3.8, 4) is 0 Å². The molecule has 3 aromatic rings. The first kappa shape index (κ1) is 24.2. The van der Waals surface area contributed by atoms with Gasteiger partial charge in [-0.15, -0.1) is 0 Å². The van der Waals surface area contributed by atoms with Crippen molar-refractivity contribution in [1.82, 2.24) is 10.4 Å². The maximum absolute atomic E-state index is 12.8. The summed E-state index contributed by atoms with van der Waals surface area (Å²) in [5.41, 5.74) is 2.56. The Morgan fingerprint density at radius 1 is 1.06 bits per heavy atom. The van der Waals surface area contributed by atoms with Crippen LogP contribution < -0.4 is 10.7 Å². The number of benzene rings is 2. The summed E-state index contributed by atoms with van der Waals surface area (Å²) in [6.45, 7) is 1.88. The number of aromatic nitrogens is 1. The Balaban J connectivity index is 1.80. The van der Waals surface area contributed by atoms with Gasteiger partial charge >= 0.3 is 6.18 Å². The summed E-state index contributed by atoms with van der Waals surface area (Å²) in [4.78, 5) is 28.7. The van der Waals surface area contributed by atoms with Gasteiger partial charge in [-0.2, -0.15) is 18.3 Å². The summed E-state index contributed by atoms with van der Waals surface area (Å²) in [6, 6.07) is 12.1. The minimum absolute atomic E-state index is 0.0270. The number of halogens is 5. The third-order valence-electron chi connectivity index (χ3n) is 4.42. The minimum atomic E-state index is -4.66. The standard InChI is InChI=1S/C22H15Cl2F3N4O2/c1-12-4-2-3-5-13(12)10-29-31-20(32)16-9-15(23)6-7-18(16)30-21(33)19-17(24)8-14(11-28-19)22(25,26)27/h2-11H,1H3,(H,30,33)(H,31,32). The molecular formula is C22H15Cl2F3N4O2. The van der Waals surface area contributed by atoms with Crippen LogP contribution in [0.25, 0.3) is 0 Å². The van der Waals surface area contributed by atoms with Crippen LogP contribution in [0.15, 0.2) is 59.8 Å². The number of nitrogens with one attached hydrogen (secondary N) is 2. The molecule has 2 aromatic carbocycles. The van der Waals surface area contributed by atoms with Crippen LogP contribution in [0, 0.1) is 6.92 Å². The summed E-state index contributed by atoms with van der Waals surface area (Å²) in [5.74, 6) is -1.59. The van der Waals surface area contributed by atoms with E-state index < -0.39 is 34.3 Å². The molecule has 2 N–H and O–H groups in total. The summed E-state index contributed by atoms with van der Waals surface area (Å²) in [6.07, 6.45) is -2.70. The lowest BCUT2D eigenvalue weighted by Crippen LogP contribution is -2.22. The van der Waals surface area contributed by atoms with Gasteiger partial charge in [-0.1, -0.05) is 47.5 Å². The molecule has 0 bridgehead atoms. The molecule has 1 aromatic heterocycles. The van der Waals surface area contributed by atoms with Gasteiger partial charge in [0.2, 0.25) is 0 Å². The van der Waals surface area contributed by atoms with E-state index in [9.17, 15) is 22.8 Å². The van der Waals surface area contributed by atoms with Crippen LogP contribution in [-0.4, -0.2) is 23.0 Å². The van der Waals surface area contributed by atoms with Crippen LogP contribution in [0.4, 0.5) is 18.9 Å². The molecule has 0 saturated carbocycles. The van der Waals surface area contributed by atoms with Crippen LogP contribution >= 0.6 is 23.2 Å². The maximum atomic E-state index is 12.8. The van der Waals surface area contributed by atoms with Crippen molar-refractivity contribution in [2.24, 2.45) is 5.10 Å². The number of amides is 2. The predicted molar refractivity (Wildman–Crippen MR) is 120 cm³/mol. The zero-order valence-corrected chi connectivity index (χ0v) is 18.4. The van der Waals surface area contributed by atoms with E-state index >= 15 is 0 Å². The number of carbonyl (C=O) groups is 2. The third kappa shape index (κ3) is 6.09. The average molecular weight is 495 g/mol. The molecule has 0 atom stereocenters. The number of hydrazone groups is 1. The quantitative estimate of drug-likeness (QED) is 0.350. The molecule has 170 valence electrons. The molecule has 11 heteroatoms. The number of anilines is 1. The Hall–Kier alpha value is -3.43. The lowest BCUT2D eigenvalue weighted by molar-refractivity contribution is -0.137. The molecule has 33 heavy (non-hydrogen) atoms. The van der Waals surface area contributed by atoms with Crippen molar-refractivity contribution in [1.29, 1.82) is 0 Å². The van der Waals surface area contributed by atoms with Gasteiger partial charge in [0.1, 0.15) is 5.69 Å². The average Bonchev–Trinajstić information content (AvgIpc) is 2.75. The number of rotatable bonds is 5. The highest BCUT2D eigenvalue weighted by atomic mass is 35.5. The van der Waals surface area contributed by atoms with Gasteiger partial charge in [0.25, 0.3) is 11.8 Å². The maximum Gasteiger partial charge on any atom is 0.417 e. The van der Waals surface area contributed by atoms with Crippen LogP contribution in [0.2, 0.25) is 10.0 Å². The Labute approximate surface area is 196 Å². The Kier molecular flexibility index (Phi) is 7.35. The molecule has 3 rings (SSSR count). The summed E-state index contributed by atoms with van der Waals surface area (Å²) in [5, 5.41) is 6.05. The van der Waals surface area contributed by atoms with Gasteiger partial charge in [0.05, 0.1) is 28.1 Å². The molecule has 0 aliphatic rings. The van der Waals surface area contributed by atoms with Crippen LogP contribution in [0.3, 0.4) is 0 Å². The van der Waals surface area contributed by atoms with Crippen LogP contribution in [-0.2, 0) is 6.18 Å². The van der Waals surface area contributed by atoms with E-state index in [4.69, 9.17) is 23.2 Å². The van der Waals surface area contributed by atoms with E-state index in [1.165, 1.54) is 24.4 Å². The van der Waals surface area contributed by atoms with Gasteiger partial charge < -0.3 is 5.32 Å². The van der Waals surface area contributed by atoms with E-state index in [0.717, 1.165) is 11.1 Å². The zero-order valence-electron chi connectivity index (χ0n) is 16.9. The number of hydrogen-bond acceptors (Lipinski definition) is 4. The fourth-order valence-corrected chi connectivity index (χ4v) is 3.13. The van der Waals surface area contributed by atoms with Crippen molar-refractivity contribution in [2.45, 2.75) is 13.1 Å². The van der Waals surface area contributed by atoms with Crippen molar-refractivity contribution in [3.63, 3.8) is 0 Å². The smallest absolute Gasteiger partial charge is 0.320 e. The zero-order chi connectivity index (χ0) is 24.2. The first-order valence-electron chi connectivity index (χ1n) is 9.29. The Bertz CT molecular complexity index is 1250. The minimum Gasteiger partial charge on any atom is -0.320 e. The van der Waals surface area contributed by atoms with Gasteiger partial charge in [-0.25, -0.2) is 10.4 Å². The highest BCUT2D eigenvalue weighted by molar-refractivity contribution is 6.34. The summed E-state index contributed by atoms with van der Waals surface area (Å²) >= 11 is 11.8. The molecule has 0 saturated heterocycles. The predicted octanol–water partition coefficient (Wildman–Crippen LogP) is 5.73.